The van der Waals surface area contributed by atoms with Gasteiger partial charge in [0.1, 0.15) is 0 Å². The number of guanidine groups is 1. The lowest BCUT2D eigenvalue weighted by atomic mass is 9.89. The predicted octanol–water partition coefficient (Wildman–Crippen LogP) is 2.15. The molecule has 1 unspecified atom stereocenters. The first-order valence-corrected chi connectivity index (χ1v) is 10.1. The van der Waals surface area contributed by atoms with E-state index in [1.807, 2.05) is 6.92 Å². The third kappa shape index (κ3) is 7.83. The molecular formula is C19H35IN4O3. The smallest absolute Gasteiger partial charge is 0.310 e. The largest absolute Gasteiger partial charge is 0.466 e. The Hall–Kier alpha value is -1.06. The second-order valence-corrected chi connectivity index (χ2v) is 7.14. The molecule has 1 aliphatic heterocycles. The maximum Gasteiger partial charge on any atom is 0.310 e. The van der Waals surface area contributed by atoms with Crippen LogP contribution >= 0.6 is 24.0 Å². The van der Waals surface area contributed by atoms with Gasteiger partial charge >= 0.3 is 5.97 Å². The predicted molar refractivity (Wildman–Crippen MR) is 117 cm³/mol. The molecular weight excluding hydrogens is 459 g/mol. The zero-order chi connectivity index (χ0) is 18.8. The van der Waals surface area contributed by atoms with Crippen LogP contribution in [0.2, 0.25) is 0 Å². The number of hydrogen-bond donors (Lipinski definition) is 2. The van der Waals surface area contributed by atoms with Crippen molar-refractivity contribution in [3.8, 4) is 0 Å². The number of nitrogens with one attached hydrogen (secondary N) is 2. The van der Waals surface area contributed by atoms with Gasteiger partial charge in [-0.1, -0.05) is 19.3 Å². The molecule has 1 aliphatic carbocycles. The van der Waals surface area contributed by atoms with Crippen molar-refractivity contribution in [3.05, 3.63) is 0 Å². The number of nitrogens with zero attached hydrogens (tertiary/aromatic N) is 2. The summed E-state index contributed by atoms with van der Waals surface area (Å²) in [6.07, 6.45) is 7.43. The molecule has 2 rings (SSSR count). The number of likely N-dealkylation sites (tertiary alicyclic amines) is 1. The van der Waals surface area contributed by atoms with Gasteiger partial charge in [0.2, 0.25) is 5.91 Å². The van der Waals surface area contributed by atoms with Gasteiger partial charge in [-0.15, -0.1) is 24.0 Å². The third-order valence-electron chi connectivity index (χ3n) is 5.24. The van der Waals surface area contributed by atoms with E-state index in [4.69, 9.17) is 4.74 Å². The molecule has 8 heteroatoms. The van der Waals surface area contributed by atoms with Crippen molar-refractivity contribution in [2.75, 3.05) is 39.8 Å². The first-order valence-electron chi connectivity index (χ1n) is 10.1. The molecule has 0 radical (unpaired) electrons. The normalized spacial score (nSPS) is 21.2. The third-order valence-corrected chi connectivity index (χ3v) is 5.24. The average Bonchev–Trinajstić information content (AvgIpc) is 2.69. The van der Waals surface area contributed by atoms with Crippen LogP contribution in [0.15, 0.2) is 4.99 Å². The minimum Gasteiger partial charge on any atom is -0.466 e. The van der Waals surface area contributed by atoms with Crippen LogP contribution in [0.4, 0.5) is 0 Å². The van der Waals surface area contributed by atoms with E-state index in [1.165, 1.54) is 19.3 Å². The van der Waals surface area contributed by atoms with E-state index in [2.05, 4.69) is 20.5 Å². The maximum absolute atomic E-state index is 12.2. The van der Waals surface area contributed by atoms with Gasteiger partial charge in [0.05, 0.1) is 12.5 Å². The van der Waals surface area contributed by atoms with E-state index in [1.54, 1.807) is 7.05 Å². The molecule has 0 aromatic rings. The summed E-state index contributed by atoms with van der Waals surface area (Å²) < 4.78 is 5.15. The summed E-state index contributed by atoms with van der Waals surface area (Å²) >= 11 is 0. The topological polar surface area (TPSA) is 83.0 Å². The van der Waals surface area contributed by atoms with Crippen LogP contribution in [-0.2, 0) is 14.3 Å². The van der Waals surface area contributed by atoms with Gasteiger partial charge in [-0.05, 0) is 32.6 Å². The highest BCUT2D eigenvalue weighted by Gasteiger charge is 2.28. The van der Waals surface area contributed by atoms with Crippen molar-refractivity contribution in [2.45, 2.75) is 51.9 Å². The molecule has 1 saturated heterocycles. The Morgan fingerprint density at radius 2 is 1.70 bits per heavy atom. The molecule has 2 N–H and O–H groups in total. The second kappa shape index (κ2) is 13.2. The molecule has 1 atom stereocenters. The molecule has 156 valence electrons. The Bertz CT molecular complexity index is 495. The van der Waals surface area contributed by atoms with Crippen LogP contribution in [0, 0.1) is 11.8 Å². The van der Waals surface area contributed by atoms with Gasteiger partial charge in [-0.25, -0.2) is 0 Å². The Morgan fingerprint density at radius 1 is 1.04 bits per heavy atom. The molecule has 1 amide bonds. The number of halogens is 1. The number of amides is 1. The molecule has 1 heterocycles. The number of esters is 1. The van der Waals surface area contributed by atoms with Crippen LogP contribution in [0.3, 0.4) is 0 Å². The summed E-state index contributed by atoms with van der Waals surface area (Å²) in [7, 11) is 1.75. The van der Waals surface area contributed by atoms with Crippen molar-refractivity contribution >= 4 is 41.8 Å². The molecule has 1 saturated carbocycles. The summed E-state index contributed by atoms with van der Waals surface area (Å²) in [6, 6.07) is 0. The first kappa shape index (κ1) is 24.0. The fraction of sp³-hybridized carbons (Fsp3) is 0.842. The zero-order valence-electron chi connectivity index (χ0n) is 16.7. The summed E-state index contributed by atoms with van der Waals surface area (Å²) in [5, 5.41) is 6.33. The number of carbonyl (C=O) groups is 2. The quantitative estimate of drug-likeness (QED) is 0.195. The molecule has 0 spiro atoms. The van der Waals surface area contributed by atoms with Gasteiger partial charge < -0.3 is 20.3 Å². The first-order chi connectivity index (χ1) is 12.7. The summed E-state index contributed by atoms with van der Waals surface area (Å²) in [4.78, 5) is 30.6. The van der Waals surface area contributed by atoms with Gasteiger partial charge in [0.25, 0.3) is 0 Å². The Labute approximate surface area is 180 Å². The van der Waals surface area contributed by atoms with Crippen molar-refractivity contribution in [1.82, 2.24) is 15.5 Å². The van der Waals surface area contributed by atoms with E-state index in [9.17, 15) is 9.59 Å². The highest BCUT2D eigenvalue weighted by molar-refractivity contribution is 14.0. The number of hydrogen-bond acceptors (Lipinski definition) is 4. The molecule has 0 aromatic heterocycles. The molecule has 2 fully saturated rings. The van der Waals surface area contributed by atoms with Crippen LogP contribution in [0.25, 0.3) is 0 Å². The van der Waals surface area contributed by atoms with Gasteiger partial charge in [-0.3, -0.25) is 14.6 Å². The van der Waals surface area contributed by atoms with Crippen molar-refractivity contribution in [3.63, 3.8) is 0 Å². The fourth-order valence-corrected chi connectivity index (χ4v) is 3.82. The zero-order valence-corrected chi connectivity index (χ0v) is 19.0. The molecule has 7 nitrogen and oxygen atoms in total. The lowest BCUT2D eigenvalue weighted by Crippen LogP contribution is -2.49. The molecule has 0 bridgehead atoms. The fourth-order valence-electron chi connectivity index (χ4n) is 3.82. The maximum atomic E-state index is 12.2. The van der Waals surface area contributed by atoms with E-state index in [-0.39, 0.29) is 47.7 Å². The van der Waals surface area contributed by atoms with Crippen LogP contribution in [0.5, 0.6) is 0 Å². The van der Waals surface area contributed by atoms with Crippen LogP contribution in [0.1, 0.15) is 51.9 Å². The van der Waals surface area contributed by atoms with Gasteiger partial charge in [-0.2, -0.15) is 0 Å². The van der Waals surface area contributed by atoms with E-state index >= 15 is 0 Å². The summed E-state index contributed by atoms with van der Waals surface area (Å²) in [6.45, 7) is 4.98. The van der Waals surface area contributed by atoms with Crippen molar-refractivity contribution in [2.24, 2.45) is 16.8 Å². The average molecular weight is 494 g/mol. The molecule has 0 aromatic carbocycles. The Balaban J connectivity index is 0.00000364. The Morgan fingerprint density at radius 3 is 2.37 bits per heavy atom. The number of ether oxygens (including phenoxy) is 1. The summed E-state index contributed by atoms with van der Waals surface area (Å²) in [5.41, 5.74) is 0. The SMILES string of the molecule is CCOC(=O)C1CCCN(C(=NC)NCCNC(=O)C2CCCCC2)C1.I. The van der Waals surface area contributed by atoms with E-state index < -0.39 is 0 Å². The molecule has 27 heavy (non-hydrogen) atoms. The van der Waals surface area contributed by atoms with Crippen molar-refractivity contribution in [1.29, 1.82) is 0 Å². The van der Waals surface area contributed by atoms with Gasteiger partial charge in [0, 0.05) is 39.1 Å². The van der Waals surface area contributed by atoms with E-state index in [0.717, 1.165) is 38.2 Å². The minimum absolute atomic E-state index is 0. The highest BCUT2D eigenvalue weighted by atomic mass is 127. The monoisotopic (exact) mass is 494 g/mol. The highest BCUT2D eigenvalue weighted by Crippen LogP contribution is 2.23. The van der Waals surface area contributed by atoms with Crippen molar-refractivity contribution < 1.29 is 14.3 Å². The lowest BCUT2D eigenvalue weighted by molar-refractivity contribution is -0.149. The Kier molecular flexibility index (Phi) is 11.7. The number of carbonyl (C=O) groups excluding carboxylic acids is 2. The van der Waals surface area contributed by atoms with E-state index in [0.29, 0.717) is 26.2 Å². The molecule has 2 aliphatic rings. The summed E-state index contributed by atoms with van der Waals surface area (Å²) in [5.74, 6) is 0.948. The minimum atomic E-state index is -0.118. The standard InChI is InChI=1S/C19H34N4O3.HI/c1-3-26-18(25)16-10-7-13-23(14-16)19(20-2)22-12-11-21-17(24)15-8-5-4-6-9-15;/h15-16H,3-14H2,1-2H3,(H,20,22)(H,21,24);1H. The number of rotatable bonds is 6. The second-order valence-electron chi connectivity index (χ2n) is 7.14. The lowest BCUT2D eigenvalue weighted by Gasteiger charge is -2.34. The van der Waals surface area contributed by atoms with Gasteiger partial charge in [0.15, 0.2) is 5.96 Å². The van der Waals surface area contributed by atoms with Crippen LogP contribution in [-0.4, -0.2) is 62.6 Å². The number of aliphatic imine (C=N–C) groups is 1. The number of piperidine rings is 1. The van der Waals surface area contributed by atoms with Crippen LogP contribution < -0.4 is 10.6 Å².